The second-order valence-electron chi connectivity index (χ2n) is 8.76. The summed E-state index contributed by atoms with van der Waals surface area (Å²) in [6.07, 6.45) is -5.69. The lowest BCUT2D eigenvalue weighted by atomic mass is 10.0. The molecule has 0 saturated carbocycles. The maximum atomic E-state index is 13.2. The molecule has 0 fully saturated rings. The third-order valence-corrected chi connectivity index (χ3v) is 5.99. The van der Waals surface area contributed by atoms with Crippen LogP contribution in [0.3, 0.4) is 0 Å². The number of benzene rings is 2. The predicted molar refractivity (Wildman–Crippen MR) is 133 cm³/mol. The van der Waals surface area contributed by atoms with E-state index in [-0.39, 0.29) is 29.9 Å². The number of alkyl halides is 3. The van der Waals surface area contributed by atoms with Crippen molar-refractivity contribution in [3.05, 3.63) is 81.3 Å². The van der Waals surface area contributed by atoms with Crippen molar-refractivity contribution in [3.8, 4) is 17.1 Å². The molecule has 9 nitrogen and oxygen atoms in total. The van der Waals surface area contributed by atoms with Crippen LogP contribution in [0.2, 0.25) is 5.02 Å². The van der Waals surface area contributed by atoms with E-state index < -0.39 is 30.8 Å². The van der Waals surface area contributed by atoms with Gasteiger partial charge in [-0.2, -0.15) is 13.2 Å². The van der Waals surface area contributed by atoms with Gasteiger partial charge in [0.15, 0.2) is 11.6 Å². The lowest BCUT2D eigenvalue weighted by molar-refractivity contribution is -0.136. The van der Waals surface area contributed by atoms with Gasteiger partial charge in [-0.3, -0.25) is 4.57 Å². The Labute approximate surface area is 220 Å². The fourth-order valence-corrected chi connectivity index (χ4v) is 4.04. The number of esters is 1. The number of carbonyl (C=O) groups is 1. The van der Waals surface area contributed by atoms with Gasteiger partial charge in [0, 0.05) is 17.1 Å². The second kappa shape index (κ2) is 10.8. The molecule has 2 heterocycles. The first-order valence-electron chi connectivity index (χ1n) is 11.6. The topological polar surface area (TPSA) is 96.8 Å². The average molecular weight is 549 g/mol. The molecule has 0 bridgehead atoms. The SMILES string of the molecule is COC(=O)c1nc(Cn2nc(-c3ccc(Cl)cc3)n(CCC(F)(F)F)c2=O)nn1-c1ccccc1C(C)C. The minimum Gasteiger partial charge on any atom is -0.463 e. The molecule has 4 aromatic rings. The van der Waals surface area contributed by atoms with Crippen molar-refractivity contribution < 1.29 is 22.7 Å². The van der Waals surface area contributed by atoms with Crippen molar-refractivity contribution in [1.29, 1.82) is 0 Å². The van der Waals surface area contributed by atoms with Gasteiger partial charge in [-0.1, -0.05) is 43.6 Å². The van der Waals surface area contributed by atoms with Gasteiger partial charge in [0.05, 0.1) is 19.2 Å². The molecule has 0 aliphatic rings. The number of carbonyl (C=O) groups excluding carboxylic acids is 1. The van der Waals surface area contributed by atoms with Gasteiger partial charge >= 0.3 is 17.8 Å². The van der Waals surface area contributed by atoms with E-state index in [4.69, 9.17) is 16.3 Å². The zero-order valence-corrected chi connectivity index (χ0v) is 21.5. The number of para-hydroxylation sites is 1. The highest BCUT2D eigenvalue weighted by Crippen LogP contribution is 2.25. The first kappa shape index (κ1) is 27.1. The predicted octanol–water partition coefficient (Wildman–Crippen LogP) is 4.86. The third kappa shape index (κ3) is 5.80. The van der Waals surface area contributed by atoms with Crippen LogP contribution in [0.25, 0.3) is 17.1 Å². The summed E-state index contributed by atoms with van der Waals surface area (Å²) in [4.78, 5) is 30.0. The van der Waals surface area contributed by atoms with Crippen molar-refractivity contribution in [3.63, 3.8) is 0 Å². The van der Waals surface area contributed by atoms with Crippen LogP contribution in [0.15, 0.2) is 53.3 Å². The van der Waals surface area contributed by atoms with Crippen LogP contribution in [0.1, 0.15) is 48.2 Å². The van der Waals surface area contributed by atoms with Gasteiger partial charge in [0.1, 0.15) is 6.54 Å². The van der Waals surface area contributed by atoms with Crippen LogP contribution < -0.4 is 5.69 Å². The molecule has 200 valence electrons. The number of methoxy groups -OCH3 is 1. The molecule has 0 spiro atoms. The first-order valence-corrected chi connectivity index (χ1v) is 12.0. The Morgan fingerprint density at radius 1 is 1.08 bits per heavy atom. The summed E-state index contributed by atoms with van der Waals surface area (Å²) in [5.41, 5.74) is 1.13. The zero-order valence-electron chi connectivity index (χ0n) is 20.7. The fraction of sp³-hybridized carbons (Fsp3) is 0.320. The number of rotatable bonds is 8. The van der Waals surface area contributed by atoms with Crippen molar-refractivity contribution in [2.75, 3.05) is 7.11 Å². The Balaban J connectivity index is 1.79. The molecule has 0 N–H and O–H groups in total. The highest BCUT2D eigenvalue weighted by Gasteiger charge is 2.29. The van der Waals surface area contributed by atoms with E-state index in [1.54, 1.807) is 36.4 Å². The molecular weight excluding hydrogens is 525 g/mol. The fourth-order valence-electron chi connectivity index (χ4n) is 3.91. The Morgan fingerprint density at radius 3 is 2.39 bits per heavy atom. The number of nitrogens with zero attached hydrogens (tertiary/aromatic N) is 6. The number of aromatic nitrogens is 6. The molecule has 0 atom stereocenters. The molecule has 0 saturated heterocycles. The van der Waals surface area contributed by atoms with E-state index in [1.165, 1.54) is 11.8 Å². The van der Waals surface area contributed by atoms with Crippen molar-refractivity contribution in [1.82, 2.24) is 29.1 Å². The summed E-state index contributed by atoms with van der Waals surface area (Å²) < 4.78 is 47.1. The minimum absolute atomic E-state index is 0.0358. The maximum Gasteiger partial charge on any atom is 0.390 e. The zero-order chi connectivity index (χ0) is 27.6. The number of halogens is 4. The number of hydrogen-bond acceptors (Lipinski definition) is 6. The molecule has 0 amide bonds. The van der Waals surface area contributed by atoms with Gasteiger partial charge < -0.3 is 4.74 Å². The summed E-state index contributed by atoms with van der Waals surface area (Å²) in [6.45, 7) is 3.05. The summed E-state index contributed by atoms with van der Waals surface area (Å²) in [7, 11) is 1.21. The van der Waals surface area contributed by atoms with E-state index in [0.29, 0.717) is 16.3 Å². The van der Waals surface area contributed by atoms with E-state index in [1.807, 2.05) is 26.0 Å². The maximum absolute atomic E-state index is 13.2. The smallest absolute Gasteiger partial charge is 0.390 e. The summed E-state index contributed by atoms with van der Waals surface area (Å²) in [5.74, 6) is -0.675. The van der Waals surface area contributed by atoms with Crippen molar-refractivity contribution in [2.24, 2.45) is 0 Å². The summed E-state index contributed by atoms with van der Waals surface area (Å²) in [5, 5.41) is 9.14. The minimum atomic E-state index is -4.47. The molecule has 0 radical (unpaired) electrons. The second-order valence-corrected chi connectivity index (χ2v) is 9.19. The van der Waals surface area contributed by atoms with E-state index in [0.717, 1.165) is 14.8 Å². The molecule has 2 aromatic carbocycles. The number of ether oxygens (including phenoxy) is 1. The van der Waals surface area contributed by atoms with Gasteiger partial charge in [0.2, 0.25) is 5.82 Å². The Bertz CT molecular complexity index is 1510. The molecule has 38 heavy (non-hydrogen) atoms. The monoisotopic (exact) mass is 548 g/mol. The van der Waals surface area contributed by atoms with Crippen molar-refractivity contribution in [2.45, 2.75) is 45.5 Å². The van der Waals surface area contributed by atoms with Crippen LogP contribution in [0, 0.1) is 0 Å². The molecule has 0 aliphatic carbocycles. The Kier molecular flexibility index (Phi) is 7.72. The largest absolute Gasteiger partial charge is 0.463 e. The molecule has 4 rings (SSSR count). The molecule has 13 heteroatoms. The van der Waals surface area contributed by atoms with E-state index in [2.05, 4.69) is 15.2 Å². The lowest BCUT2D eigenvalue weighted by Gasteiger charge is -2.13. The van der Waals surface area contributed by atoms with E-state index >= 15 is 0 Å². The highest BCUT2D eigenvalue weighted by atomic mass is 35.5. The molecule has 0 aliphatic heterocycles. The first-order chi connectivity index (χ1) is 18.0. The summed E-state index contributed by atoms with van der Waals surface area (Å²) >= 11 is 5.94. The van der Waals surface area contributed by atoms with Crippen LogP contribution in [0.4, 0.5) is 13.2 Å². The van der Waals surface area contributed by atoms with Gasteiger partial charge in [-0.15, -0.1) is 10.2 Å². The molecular formula is C25H24ClF3N6O3. The van der Waals surface area contributed by atoms with Crippen LogP contribution in [-0.2, 0) is 17.8 Å². The van der Waals surface area contributed by atoms with Gasteiger partial charge in [-0.25, -0.2) is 23.9 Å². The van der Waals surface area contributed by atoms with E-state index in [9.17, 15) is 22.8 Å². The van der Waals surface area contributed by atoms with Gasteiger partial charge in [-0.05, 0) is 41.8 Å². The van der Waals surface area contributed by atoms with Gasteiger partial charge in [0.25, 0.3) is 0 Å². The van der Waals surface area contributed by atoms with Crippen molar-refractivity contribution >= 4 is 17.6 Å². The van der Waals surface area contributed by atoms with Crippen LogP contribution in [-0.4, -0.2) is 48.4 Å². The molecule has 2 aromatic heterocycles. The molecule has 0 unspecified atom stereocenters. The van der Waals surface area contributed by atoms with Crippen LogP contribution >= 0.6 is 11.6 Å². The standard InChI is InChI=1S/C25H24ClF3N6O3/c1-15(2)18-6-4-5-7-19(18)35-22(23(36)38-3)30-20(31-35)14-34-24(37)33(13-12-25(27,28)29)21(32-34)16-8-10-17(26)11-9-16/h4-11,15H,12-14H2,1-3H3. The Morgan fingerprint density at radius 2 is 1.76 bits per heavy atom. The Hall–Kier alpha value is -3.93. The normalized spacial score (nSPS) is 11.8. The third-order valence-electron chi connectivity index (χ3n) is 5.74. The summed E-state index contributed by atoms with van der Waals surface area (Å²) in [6, 6.07) is 13.5. The van der Waals surface area contributed by atoms with Crippen LogP contribution in [0.5, 0.6) is 0 Å². The lowest BCUT2D eigenvalue weighted by Crippen LogP contribution is -2.27. The quantitative estimate of drug-likeness (QED) is 0.292. The highest BCUT2D eigenvalue weighted by molar-refractivity contribution is 6.30. The number of hydrogen-bond donors (Lipinski definition) is 0. The average Bonchev–Trinajstić information content (AvgIpc) is 3.43.